The van der Waals surface area contributed by atoms with Gasteiger partial charge in [-0.3, -0.25) is 24.3 Å². The highest BCUT2D eigenvalue weighted by molar-refractivity contribution is 6.50. The topological polar surface area (TPSA) is 128 Å². The number of methoxy groups -OCH3 is 1. The molecule has 9 nitrogen and oxygen atoms in total. The second kappa shape index (κ2) is 11.8. The van der Waals surface area contributed by atoms with Crippen molar-refractivity contribution in [3.05, 3.63) is 70.2 Å². The first-order valence-corrected chi connectivity index (χ1v) is 12.6. The van der Waals surface area contributed by atoms with Gasteiger partial charge < -0.3 is 15.2 Å². The molecule has 4 rings (SSSR count). The summed E-state index contributed by atoms with van der Waals surface area (Å²) in [5.41, 5.74) is 6.21. The summed E-state index contributed by atoms with van der Waals surface area (Å²) >= 11 is 12.5. The van der Waals surface area contributed by atoms with Crippen LogP contribution in [0.5, 0.6) is 5.75 Å². The lowest BCUT2D eigenvalue weighted by atomic mass is 9.86. The van der Waals surface area contributed by atoms with Gasteiger partial charge in [-0.15, -0.1) is 0 Å². The van der Waals surface area contributed by atoms with Gasteiger partial charge in [0, 0.05) is 22.0 Å². The highest BCUT2D eigenvalue weighted by atomic mass is 35.5. The van der Waals surface area contributed by atoms with E-state index in [1.54, 1.807) is 42.5 Å². The van der Waals surface area contributed by atoms with Crippen LogP contribution in [0.3, 0.4) is 0 Å². The van der Waals surface area contributed by atoms with Gasteiger partial charge in [0.2, 0.25) is 5.91 Å². The van der Waals surface area contributed by atoms with Crippen molar-refractivity contribution in [3.8, 4) is 5.75 Å². The molecule has 2 N–H and O–H groups in total. The molecular formula is C27H25Cl2N3O6. The Hall–Kier alpha value is -3.69. The van der Waals surface area contributed by atoms with E-state index in [-0.39, 0.29) is 29.8 Å². The highest BCUT2D eigenvalue weighted by Crippen LogP contribution is 2.47. The van der Waals surface area contributed by atoms with Crippen molar-refractivity contribution in [2.75, 3.05) is 25.2 Å². The molecule has 2 fully saturated rings. The number of rotatable bonds is 10. The molecule has 2 aromatic rings. The zero-order valence-electron chi connectivity index (χ0n) is 20.4. The number of aliphatic imine (C=N–C) groups is 1. The maximum atomic E-state index is 13.9. The van der Waals surface area contributed by atoms with Gasteiger partial charge in [-0.1, -0.05) is 35.3 Å². The fraction of sp³-hybridized carbons (Fsp3) is 0.296. The number of carbonyl (C=O) groups excluding carboxylic acids is 4. The molecule has 2 aromatic carbocycles. The SMILES string of the molecule is COC(=O)C=CCOc1ccc(Cl)cc1N1C(=O)C(=NCC(N)=O)C(C(=O)C2CC2)C1c1ccc(Cl)cc1. The van der Waals surface area contributed by atoms with Crippen LogP contribution in [0.4, 0.5) is 5.69 Å². The molecule has 1 aliphatic heterocycles. The lowest BCUT2D eigenvalue weighted by Gasteiger charge is -2.29. The van der Waals surface area contributed by atoms with E-state index >= 15 is 0 Å². The highest BCUT2D eigenvalue weighted by Gasteiger charge is 2.53. The number of nitrogens with zero attached hydrogens (tertiary/aromatic N) is 2. The third-order valence-corrected chi connectivity index (χ3v) is 6.69. The molecule has 1 heterocycles. The van der Waals surface area contributed by atoms with Gasteiger partial charge in [0.25, 0.3) is 5.91 Å². The molecule has 0 radical (unpaired) electrons. The van der Waals surface area contributed by atoms with Crippen LogP contribution >= 0.6 is 23.2 Å². The molecule has 1 saturated carbocycles. The van der Waals surface area contributed by atoms with Gasteiger partial charge in [0.05, 0.1) is 24.8 Å². The summed E-state index contributed by atoms with van der Waals surface area (Å²) < 4.78 is 10.5. The van der Waals surface area contributed by atoms with E-state index in [2.05, 4.69) is 9.73 Å². The summed E-state index contributed by atoms with van der Waals surface area (Å²) in [7, 11) is 1.26. The molecular weight excluding hydrogens is 533 g/mol. The van der Waals surface area contributed by atoms with Crippen molar-refractivity contribution in [3.63, 3.8) is 0 Å². The van der Waals surface area contributed by atoms with Crippen molar-refractivity contribution in [2.24, 2.45) is 22.6 Å². The predicted octanol–water partition coefficient (Wildman–Crippen LogP) is 3.71. The van der Waals surface area contributed by atoms with Crippen molar-refractivity contribution in [1.29, 1.82) is 0 Å². The third-order valence-electron chi connectivity index (χ3n) is 6.20. The number of nitrogens with two attached hydrogens (primary N) is 1. The Morgan fingerprint density at radius 1 is 1.11 bits per heavy atom. The first-order chi connectivity index (χ1) is 18.2. The number of benzene rings is 2. The minimum absolute atomic E-state index is 0.00949. The molecule has 1 saturated heterocycles. The Morgan fingerprint density at radius 3 is 2.42 bits per heavy atom. The number of Topliss-reactive ketones (excluding diaryl/α,β-unsaturated/α-hetero) is 1. The zero-order valence-corrected chi connectivity index (χ0v) is 21.9. The third kappa shape index (κ3) is 6.06. The largest absolute Gasteiger partial charge is 0.487 e. The summed E-state index contributed by atoms with van der Waals surface area (Å²) in [6.07, 6.45) is 4.12. The fourth-order valence-electron chi connectivity index (χ4n) is 4.33. The Labute approximate surface area is 229 Å². The van der Waals surface area contributed by atoms with Crippen molar-refractivity contribution < 1.29 is 28.7 Å². The molecule has 0 aromatic heterocycles. The minimum atomic E-state index is -0.943. The number of esters is 1. The monoisotopic (exact) mass is 557 g/mol. The van der Waals surface area contributed by atoms with Gasteiger partial charge in [-0.25, -0.2) is 4.79 Å². The van der Waals surface area contributed by atoms with E-state index in [0.717, 1.165) is 12.8 Å². The van der Waals surface area contributed by atoms with E-state index in [0.29, 0.717) is 21.3 Å². The lowest BCUT2D eigenvalue weighted by Crippen LogP contribution is -2.31. The van der Waals surface area contributed by atoms with Crippen molar-refractivity contribution >= 4 is 58.2 Å². The van der Waals surface area contributed by atoms with Gasteiger partial charge in [0.15, 0.2) is 0 Å². The number of ether oxygens (including phenoxy) is 2. The normalized spacial score (nSPS) is 20.2. The quantitative estimate of drug-likeness (QED) is 0.350. The van der Waals surface area contributed by atoms with Gasteiger partial charge >= 0.3 is 5.97 Å². The fourth-order valence-corrected chi connectivity index (χ4v) is 4.63. The number of carbonyl (C=O) groups is 4. The number of hydrogen-bond donors (Lipinski definition) is 1. The van der Waals surface area contributed by atoms with E-state index < -0.39 is 36.3 Å². The lowest BCUT2D eigenvalue weighted by molar-refractivity contribution is -0.135. The number of primary amides is 1. The Balaban J connectivity index is 1.83. The Morgan fingerprint density at radius 2 is 1.79 bits per heavy atom. The van der Waals surface area contributed by atoms with Gasteiger partial charge in [-0.05, 0) is 54.8 Å². The average molecular weight is 558 g/mol. The molecule has 2 unspecified atom stereocenters. The smallest absolute Gasteiger partial charge is 0.330 e. The molecule has 2 amide bonds. The Bertz CT molecular complexity index is 1320. The van der Waals surface area contributed by atoms with E-state index in [4.69, 9.17) is 33.7 Å². The van der Waals surface area contributed by atoms with Crippen LogP contribution in [0.25, 0.3) is 0 Å². The van der Waals surface area contributed by atoms with Crippen LogP contribution in [0.2, 0.25) is 10.0 Å². The van der Waals surface area contributed by atoms with E-state index in [1.807, 2.05) is 0 Å². The minimum Gasteiger partial charge on any atom is -0.487 e. The number of ketones is 1. The maximum absolute atomic E-state index is 13.9. The van der Waals surface area contributed by atoms with Crippen LogP contribution < -0.4 is 15.4 Å². The number of anilines is 1. The van der Waals surface area contributed by atoms with Crippen LogP contribution in [0.1, 0.15) is 24.4 Å². The molecule has 2 atom stereocenters. The maximum Gasteiger partial charge on any atom is 0.330 e. The summed E-state index contributed by atoms with van der Waals surface area (Å²) in [5, 5.41) is 0.814. The van der Waals surface area contributed by atoms with Gasteiger partial charge in [-0.2, -0.15) is 0 Å². The Kier molecular flexibility index (Phi) is 8.48. The first kappa shape index (κ1) is 27.3. The number of amides is 2. The number of halogens is 2. The van der Waals surface area contributed by atoms with Crippen LogP contribution in [0, 0.1) is 11.8 Å². The zero-order chi connectivity index (χ0) is 27.4. The second-order valence-corrected chi connectivity index (χ2v) is 9.72. The summed E-state index contributed by atoms with van der Waals surface area (Å²) in [4.78, 5) is 56.1. The summed E-state index contributed by atoms with van der Waals surface area (Å²) in [5.74, 6) is -2.82. The molecule has 198 valence electrons. The molecule has 38 heavy (non-hydrogen) atoms. The van der Waals surface area contributed by atoms with Crippen LogP contribution in [-0.2, 0) is 23.9 Å². The summed E-state index contributed by atoms with van der Waals surface area (Å²) in [6.45, 7) is -0.446. The van der Waals surface area contributed by atoms with Crippen LogP contribution in [-0.4, -0.2) is 49.5 Å². The van der Waals surface area contributed by atoms with Crippen molar-refractivity contribution in [1.82, 2.24) is 0 Å². The van der Waals surface area contributed by atoms with Crippen LogP contribution in [0.15, 0.2) is 59.6 Å². The standard InChI is InChI=1S/C27H25Cl2N3O6/c1-37-22(34)3-2-12-38-20-11-10-18(29)13-19(20)32-25(15-6-8-17(28)9-7-15)23(26(35)16-4-5-16)24(27(32)36)31-14-21(30)33/h2-3,6-11,13,16,23,25H,4-5,12,14H2,1H3,(H2,30,33). The van der Waals surface area contributed by atoms with Gasteiger partial charge in [0.1, 0.15) is 30.4 Å². The molecule has 2 aliphatic rings. The average Bonchev–Trinajstić information content (AvgIpc) is 3.70. The van der Waals surface area contributed by atoms with E-state index in [1.165, 1.54) is 24.2 Å². The first-order valence-electron chi connectivity index (χ1n) is 11.8. The van der Waals surface area contributed by atoms with E-state index in [9.17, 15) is 19.2 Å². The second-order valence-electron chi connectivity index (χ2n) is 8.84. The number of hydrogen-bond acceptors (Lipinski definition) is 7. The molecule has 1 aliphatic carbocycles. The molecule has 0 bridgehead atoms. The van der Waals surface area contributed by atoms with Crippen molar-refractivity contribution in [2.45, 2.75) is 18.9 Å². The molecule has 0 spiro atoms. The predicted molar refractivity (Wildman–Crippen MR) is 142 cm³/mol. The molecule has 11 heteroatoms. The summed E-state index contributed by atoms with van der Waals surface area (Å²) in [6, 6.07) is 10.8.